The molecule has 0 saturated heterocycles. The Morgan fingerprint density at radius 2 is 1.00 bits per heavy atom. The molecule has 0 heterocycles. The van der Waals surface area contributed by atoms with Crippen LogP contribution in [-0.4, -0.2) is 5.48 Å². The Labute approximate surface area is 49.9 Å². The molecule has 4 heavy (non-hydrogen) atoms. The van der Waals surface area contributed by atoms with Crippen molar-refractivity contribution in [2.24, 2.45) is 0 Å². The van der Waals surface area contributed by atoms with Gasteiger partial charge < -0.3 is 28.6 Å². The van der Waals surface area contributed by atoms with Gasteiger partial charge in [0.1, 0.15) is 0 Å². The molecule has 0 fully saturated rings. The Morgan fingerprint density at radius 1 is 1.00 bits per heavy atom. The molecule has 0 radical (unpaired) electrons. The minimum Gasteiger partial charge on any atom is -1.00 e. The van der Waals surface area contributed by atoms with Gasteiger partial charge in [0, 0.05) is 21.1 Å². The van der Waals surface area contributed by atoms with Crippen LogP contribution in [0.25, 0.3) is 0 Å². The van der Waals surface area contributed by atoms with E-state index in [0.717, 1.165) is 0 Å². The van der Waals surface area contributed by atoms with Gasteiger partial charge in [0.15, 0.2) is 0 Å². The smallest absolute Gasteiger partial charge is 0 e. The van der Waals surface area contributed by atoms with Crippen molar-refractivity contribution in [1.82, 2.24) is 6.15 Å². The second-order valence-corrected chi connectivity index (χ2v) is 0. The van der Waals surface area contributed by atoms with Crippen LogP contribution in [-0.2, 0) is 21.1 Å². The van der Waals surface area contributed by atoms with Gasteiger partial charge in [-0.15, -0.1) is 0 Å². The zero-order valence-electron chi connectivity index (χ0n) is 2.19. The van der Waals surface area contributed by atoms with Crippen molar-refractivity contribution in [3.63, 3.8) is 0 Å². The van der Waals surface area contributed by atoms with Gasteiger partial charge >= 0.3 is 0 Å². The van der Waals surface area contributed by atoms with Gasteiger partial charge in [-0.1, -0.05) is 0 Å². The van der Waals surface area contributed by atoms with E-state index in [2.05, 4.69) is 0 Å². The van der Waals surface area contributed by atoms with Gasteiger partial charge in [0.25, 0.3) is 0 Å². The SMILES string of the molecule is O.[Br-].[NH4+].[Pt]. The Morgan fingerprint density at radius 3 is 1.00 bits per heavy atom. The molecular weight excluding hydrogens is 305 g/mol. The van der Waals surface area contributed by atoms with E-state index in [1.807, 2.05) is 0 Å². The molecule has 0 aromatic rings. The van der Waals surface area contributed by atoms with Gasteiger partial charge in [-0.05, 0) is 0 Å². The third-order valence-corrected chi connectivity index (χ3v) is 0. The summed E-state index contributed by atoms with van der Waals surface area (Å²) in [5, 5.41) is 0. The van der Waals surface area contributed by atoms with Crippen LogP contribution in [0, 0.1) is 0 Å². The first-order chi connectivity index (χ1) is 0. The molecule has 0 atom stereocenters. The summed E-state index contributed by atoms with van der Waals surface area (Å²) in [6, 6.07) is 0. The summed E-state index contributed by atoms with van der Waals surface area (Å²) in [4.78, 5) is 0. The standard InChI is InChI=1S/BrH.H3N.H2O.Pt/h1H;1H3;1H2;. The molecule has 6 N–H and O–H groups in total. The Kier molecular flexibility index (Phi) is 591. The molecule has 34 valence electrons. The number of halogens is 1. The normalized spacial score (nSPS) is 0. The second kappa shape index (κ2) is 32.9. The van der Waals surface area contributed by atoms with Crippen LogP contribution in [0.1, 0.15) is 0 Å². The fraction of sp³-hybridized carbons (Fsp3) is 0. The summed E-state index contributed by atoms with van der Waals surface area (Å²) in [5.74, 6) is 0. The predicted octanol–water partition coefficient (Wildman–Crippen LogP) is -3.45. The van der Waals surface area contributed by atoms with Crippen LogP contribution in [0.2, 0.25) is 0 Å². The first-order valence-corrected chi connectivity index (χ1v) is 0. The van der Waals surface area contributed by atoms with Gasteiger partial charge in [0.05, 0.1) is 0 Å². The van der Waals surface area contributed by atoms with Crippen LogP contribution in [0.4, 0.5) is 0 Å². The first-order valence-electron chi connectivity index (χ1n) is 0. The molecule has 0 aromatic carbocycles. The van der Waals surface area contributed by atoms with E-state index in [-0.39, 0.29) is 49.7 Å². The van der Waals surface area contributed by atoms with Gasteiger partial charge in [-0.2, -0.15) is 0 Å². The topological polar surface area (TPSA) is 68.0 Å². The minimum atomic E-state index is 0. The largest absolute Gasteiger partial charge is 1.00 e. The van der Waals surface area contributed by atoms with E-state index in [9.17, 15) is 0 Å². The third-order valence-electron chi connectivity index (χ3n) is 0. The molecule has 0 aliphatic carbocycles. The van der Waals surface area contributed by atoms with Gasteiger partial charge in [-0.25, -0.2) is 0 Å². The van der Waals surface area contributed by atoms with Gasteiger partial charge in [-0.3, -0.25) is 0 Å². The molecular formula is H6BrNOPt. The molecule has 0 saturated carbocycles. The molecule has 0 spiro atoms. The van der Waals surface area contributed by atoms with Gasteiger partial charge in [0.2, 0.25) is 0 Å². The van der Waals surface area contributed by atoms with Crippen molar-refractivity contribution in [3.05, 3.63) is 0 Å². The van der Waals surface area contributed by atoms with Crippen molar-refractivity contribution in [3.8, 4) is 0 Å². The molecule has 0 bridgehead atoms. The molecule has 2 nitrogen and oxygen atoms in total. The maximum atomic E-state index is 0. The Balaban J connectivity index is 0. The summed E-state index contributed by atoms with van der Waals surface area (Å²) < 4.78 is 0. The molecule has 0 aromatic heterocycles. The van der Waals surface area contributed by atoms with E-state index in [1.165, 1.54) is 0 Å². The van der Waals surface area contributed by atoms with Crippen LogP contribution >= 0.6 is 0 Å². The van der Waals surface area contributed by atoms with Crippen molar-refractivity contribution >= 4 is 0 Å². The average molecular weight is 311 g/mol. The van der Waals surface area contributed by atoms with E-state index in [1.54, 1.807) is 0 Å². The summed E-state index contributed by atoms with van der Waals surface area (Å²) in [5.41, 5.74) is 0. The number of hydrogen-bond donors (Lipinski definition) is 1. The average Bonchev–Trinajstić information content (AvgIpc) is 0. The molecule has 0 aliphatic heterocycles. The summed E-state index contributed by atoms with van der Waals surface area (Å²) in [6.07, 6.45) is 0. The van der Waals surface area contributed by atoms with E-state index in [0.29, 0.717) is 0 Å². The molecule has 4 heteroatoms. The van der Waals surface area contributed by atoms with Crippen molar-refractivity contribution < 1.29 is 43.5 Å². The Hall–Kier alpha value is 1.09. The molecule has 0 rings (SSSR count). The predicted molar refractivity (Wildman–Crippen MR) is 9.60 cm³/mol. The fourth-order valence-corrected chi connectivity index (χ4v) is 0. The zero-order chi connectivity index (χ0) is 0. The fourth-order valence-electron chi connectivity index (χ4n) is 0. The summed E-state index contributed by atoms with van der Waals surface area (Å²) in [7, 11) is 0. The van der Waals surface area contributed by atoms with E-state index in [4.69, 9.17) is 0 Å². The zero-order valence-corrected chi connectivity index (χ0v) is 6.05. The summed E-state index contributed by atoms with van der Waals surface area (Å²) in [6.45, 7) is 0. The van der Waals surface area contributed by atoms with Crippen LogP contribution in [0.3, 0.4) is 0 Å². The van der Waals surface area contributed by atoms with E-state index >= 15 is 0 Å². The summed E-state index contributed by atoms with van der Waals surface area (Å²) >= 11 is 0. The van der Waals surface area contributed by atoms with Crippen LogP contribution < -0.4 is 23.1 Å². The number of quaternary nitrogens is 1. The first kappa shape index (κ1) is 71.8. The molecule has 0 unspecified atom stereocenters. The van der Waals surface area contributed by atoms with Crippen LogP contribution in [0.15, 0.2) is 0 Å². The monoisotopic (exact) mass is 310 g/mol. The molecule has 0 amide bonds. The van der Waals surface area contributed by atoms with Crippen molar-refractivity contribution in [1.29, 1.82) is 0 Å². The maximum Gasteiger partial charge on any atom is 0 e. The Bertz CT molecular complexity index is 8.00. The molecule has 0 aliphatic rings. The van der Waals surface area contributed by atoms with E-state index < -0.39 is 0 Å². The number of hydrogen-bond acceptors (Lipinski definition) is 0. The maximum absolute atomic E-state index is 0. The quantitative estimate of drug-likeness (QED) is 0.484. The second-order valence-electron chi connectivity index (χ2n) is 0. The van der Waals surface area contributed by atoms with Crippen molar-refractivity contribution in [2.45, 2.75) is 0 Å². The minimum absolute atomic E-state index is 0. The van der Waals surface area contributed by atoms with Crippen LogP contribution in [0.5, 0.6) is 0 Å². The number of rotatable bonds is 0. The third kappa shape index (κ3) is 11.4. The van der Waals surface area contributed by atoms with Crippen molar-refractivity contribution in [2.75, 3.05) is 0 Å².